The van der Waals surface area contributed by atoms with Gasteiger partial charge in [-0.1, -0.05) is 48.4 Å². The minimum absolute atomic E-state index is 0.0868. The van der Waals surface area contributed by atoms with E-state index in [1.165, 1.54) is 0 Å². The SMILES string of the molecule is O[C@H]1CCCC[C@@H]1n1cc(-c2ccccc2)nn1. The maximum absolute atomic E-state index is 10.0. The molecule has 0 aliphatic heterocycles. The molecule has 1 N–H and O–H groups in total. The maximum atomic E-state index is 10.0. The summed E-state index contributed by atoms with van der Waals surface area (Å²) in [6.07, 6.45) is 5.77. The first-order valence-electron chi connectivity index (χ1n) is 6.50. The lowest BCUT2D eigenvalue weighted by atomic mass is 9.93. The molecule has 1 heterocycles. The average Bonchev–Trinajstić information content (AvgIpc) is 2.90. The third-order valence-corrected chi connectivity index (χ3v) is 3.61. The molecule has 3 rings (SSSR count). The second kappa shape index (κ2) is 4.90. The van der Waals surface area contributed by atoms with E-state index in [-0.39, 0.29) is 12.1 Å². The van der Waals surface area contributed by atoms with Crippen molar-refractivity contribution in [3.05, 3.63) is 36.5 Å². The third-order valence-electron chi connectivity index (χ3n) is 3.61. The number of hydrogen-bond acceptors (Lipinski definition) is 3. The first-order chi connectivity index (χ1) is 8.84. The number of benzene rings is 1. The summed E-state index contributed by atoms with van der Waals surface area (Å²) in [6, 6.07) is 10.1. The van der Waals surface area contributed by atoms with Gasteiger partial charge in [-0.3, -0.25) is 0 Å². The summed E-state index contributed by atoms with van der Waals surface area (Å²) in [5.74, 6) is 0. The molecule has 0 spiro atoms. The lowest BCUT2D eigenvalue weighted by molar-refractivity contribution is 0.0685. The van der Waals surface area contributed by atoms with Crippen molar-refractivity contribution >= 4 is 0 Å². The van der Waals surface area contributed by atoms with Gasteiger partial charge in [0.1, 0.15) is 5.69 Å². The minimum atomic E-state index is -0.288. The molecule has 2 aromatic rings. The Bertz CT molecular complexity index is 509. The van der Waals surface area contributed by atoms with E-state index in [0.717, 1.165) is 36.9 Å². The van der Waals surface area contributed by atoms with Crippen molar-refractivity contribution < 1.29 is 5.11 Å². The van der Waals surface area contributed by atoms with Crippen LogP contribution in [0.5, 0.6) is 0 Å². The maximum Gasteiger partial charge on any atom is 0.113 e. The van der Waals surface area contributed by atoms with Crippen molar-refractivity contribution in [1.82, 2.24) is 15.0 Å². The normalized spacial score (nSPS) is 24.1. The summed E-state index contributed by atoms with van der Waals surface area (Å²) in [5.41, 5.74) is 1.93. The number of aliphatic hydroxyl groups excluding tert-OH is 1. The zero-order valence-electron chi connectivity index (χ0n) is 10.2. The second-order valence-electron chi connectivity index (χ2n) is 4.87. The van der Waals surface area contributed by atoms with Crippen LogP contribution in [0.3, 0.4) is 0 Å². The van der Waals surface area contributed by atoms with Crippen LogP contribution in [0.15, 0.2) is 36.5 Å². The van der Waals surface area contributed by atoms with Crippen LogP contribution in [0.1, 0.15) is 31.7 Å². The van der Waals surface area contributed by atoms with Gasteiger partial charge in [-0.2, -0.15) is 0 Å². The molecular formula is C14H17N3O. The molecule has 1 saturated carbocycles. The molecule has 1 aliphatic carbocycles. The molecule has 1 aromatic carbocycles. The molecule has 0 amide bonds. The van der Waals surface area contributed by atoms with Crippen LogP contribution in [0.4, 0.5) is 0 Å². The van der Waals surface area contributed by atoms with Crippen LogP contribution in [0.2, 0.25) is 0 Å². The molecule has 94 valence electrons. The van der Waals surface area contributed by atoms with Crippen molar-refractivity contribution in [1.29, 1.82) is 0 Å². The Morgan fingerprint density at radius 1 is 1.11 bits per heavy atom. The number of aliphatic hydroxyl groups is 1. The highest BCUT2D eigenvalue weighted by atomic mass is 16.3. The van der Waals surface area contributed by atoms with Gasteiger partial charge in [-0.05, 0) is 12.8 Å². The van der Waals surface area contributed by atoms with Gasteiger partial charge in [0.15, 0.2) is 0 Å². The second-order valence-corrected chi connectivity index (χ2v) is 4.87. The summed E-state index contributed by atoms with van der Waals surface area (Å²) in [6.45, 7) is 0. The summed E-state index contributed by atoms with van der Waals surface area (Å²) >= 11 is 0. The van der Waals surface area contributed by atoms with Crippen LogP contribution in [0.25, 0.3) is 11.3 Å². The number of aromatic nitrogens is 3. The first-order valence-corrected chi connectivity index (χ1v) is 6.50. The Balaban J connectivity index is 1.85. The van der Waals surface area contributed by atoms with Crippen LogP contribution < -0.4 is 0 Å². The zero-order chi connectivity index (χ0) is 12.4. The molecule has 1 aliphatic rings. The lowest BCUT2D eigenvalue weighted by Gasteiger charge is -2.27. The quantitative estimate of drug-likeness (QED) is 0.881. The lowest BCUT2D eigenvalue weighted by Crippen LogP contribution is -2.27. The van der Waals surface area contributed by atoms with Crippen molar-refractivity contribution in [3.8, 4) is 11.3 Å². The fourth-order valence-corrected chi connectivity index (χ4v) is 2.58. The molecule has 4 heteroatoms. The molecule has 0 unspecified atom stereocenters. The molecular weight excluding hydrogens is 226 g/mol. The van der Waals surface area contributed by atoms with Gasteiger partial charge >= 0.3 is 0 Å². The van der Waals surface area contributed by atoms with Gasteiger partial charge in [-0.15, -0.1) is 5.10 Å². The summed E-state index contributed by atoms with van der Waals surface area (Å²) in [4.78, 5) is 0. The topological polar surface area (TPSA) is 50.9 Å². The Kier molecular flexibility index (Phi) is 3.11. The standard InChI is InChI=1S/C14H17N3O/c18-14-9-5-4-8-13(14)17-10-12(15-16-17)11-6-2-1-3-7-11/h1-3,6-7,10,13-14,18H,4-5,8-9H2/t13-,14-/m0/s1. The molecule has 0 saturated heterocycles. The van der Waals surface area contributed by atoms with E-state index in [1.54, 1.807) is 0 Å². The van der Waals surface area contributed by atoms with Crippen molar-refractivity contribution in [2.75, 3.05) is 0 Å². The minimum Gasteiger partial charge on any atom is -0.391 e. The third kappa shape index (κ3) is 2.16. The smallest absolute Gasteiger partial charge is 0.113 e. The molecule has 4 nitrogen and oxygen atoms in total. The number of rotatable bonds is 2. The number of nitrogens with zero attached hydrogens (tertiary/aromatic N) is 3. The molecule has 0 bridgehead atoms. The monoisotopic (exact) mass is 243 g/mol. The number of hydrogen-bond donors (Lipinski definition) is 1. The molecule has 1 fully saturated rings. The molecule has 18 heavy (non-hydrogen) atoms. The van der Waals surface area contributed by atoms with Crippen LogP contribution in [-0.4, -0.2) is 26.2 Å². The van der Waals surface area contributed by atoms with Gasteiger partial charge in [0.05, 0.1) is 18.3 Å². The highest BCUT2D eigenvalue weighted by Crippen LogP contribution is 2.28. The van der Waals surface area contributed by atoms with Crippen LogP contribution in [0, 0.1) is 0 Å². The first kappa shape index (κ1) is 11.4. The fourth-order valence-electron chi connectivity index (χ4n) is 2.58. The average molecular weight is 243 g/mol. The highest BCUT2D eigenvalue weighted by Gasteiger charge is 2.25. The van der Waals surface area contributed by atoms with E-state index in [4.69, 9.17) is 0 Å². The highest BCUT2D eigenvalue weighted by molar-refractivity contribution is 5.57. The Labute approximate surface area is 106 Å². The Morgan fingerprint density at radius 3 is 2.67 bits per heavy atom. The Hall–Kier alpha value is -1.68. The van der Waals surface area contributed by atoms with Gasteiger partial charge in [0, 0.05) is 5.56 Å². The van der Waals surface area contributed by atoms with E-state index in [9.17, 15) is 5.11 Å². The summed E-state index contributed by atoms with van der Waals surface area (Å²) < 4.78 is 1.83. The van der Waals surface area contributed by atoms with Crippen molar-refractivity contribution in [2.45, 2.75) is 37.8 Å². The van der Waals surface area contributed by atoms with E-state index < -0.39 is 0 Å². The van der Waals surface area contributed by atoms with Gasteiger partial charge in [0.25, 0.3) is 0 Å². The van der Waals surface area contributed by atoms with Gasteiger partial charge in [-0.25, -0.2) is 4.68 Å². The predicted octanol–water partition coefficient (Wildman–Crippen LogP) is 2.42. The van der Waals surface area contributed by atoms with Crippen LogP contribution in [-0.2, 0) is 0 Å². The van der Waals surface area contributed by atoms with Crippen molar-refractivity contribution in [2.24, 2.45) is 0 Å². The fraction of sp³-hybridized carbons (Fsp3) is 0.429. The van der Waals surface area contributed by atoms with Gasteiger partial charge in [0.2, 0.25) is 0 Å². The summed E-state index contributed by atoms with van der Waals surface area (Å²) in [7, 11) is 0. The molecule has 2 atom stereocenters. The van der Waals surface area contributed by atoms with E-state index in [1.807, 2.05) is 41.2 Å². The summed E-state index contributed by atoms with van der Waals surface area (Å²) in [5, 5.41) is 18.4. The van der Waals surface area contributed by atoms with E-state index in [2.05, 4.69) is 10.3 Å². The largest absolute Gasteiger partial charge is 0.391 e. The van der Waals surface area contributed by atoms with Crippen LogP contribution >= 0.6 is 0 Å². The molecule has 1 aromatic heterocycles. The zero-order valence-corrected chi connectivity index (χ0v) is 10.2. The molecule has 0 radical (unpaired) electrons. The van der Waals surface area contributed by atoms with E-state index >= 15 is 0 Å². The Morgan fingerprint density at radius 2 is 1.89 bits per heavy atom. The van der Waals surface area contributed by atoms with Crippen molar-refractivity contribution in [3.63, 3.8) is 0 Å². The van der Waals surface area contributed by atoms with Gasteiger partial charge < -0.3 is 5.11 Å². The predicted molar refractivity (Wildman–Crippen MR) is 69.0 cm³/mol. The van der Waals surface area contributed by atoms with E-state index in [0.29, 0.717) is 0 Å².